The highest BCUT2D eigenvalue weighted by molar-refractivity contribution is 5.52. The van der Waals surface area contributed by atoms with Crippen LogP contribution < -0.4 is 10.2 Å². The van der Waals surface area contributed by atoms with Crippen molar-refractivity contribution in [1.82, 2.24) is 14.5 Å². The molecule has 22 heavy (non-hydrogen) atoms. The third-order valence-corrected chi connectivity index (χ3v) is 3.79. The molecule has 1 aliphatic rings. The molecule has 0 atom stereocenters. The molecule has 0 radical (unpaired) electrons. The highest BCUT2D eigenvalue weighted by Gasteiger charge is 2.19. The molecule has 1 saturated heterocycles. The Morgan fingerprint density at radius 1 is 1.36 bits per heavy atom. The van der Waals surface area contributed by atoms with E-state index < -0.39 is 4.92 Å². The summed E-state index contributed by atoms with van der Waals surface area (Å²) in [7, 11) is 1.73. The number of aromatic nitrogens is 3. The van der Waals surface area contributed by atoms with Crippen molar-refractivity contribution < 1.29 is 4.92 Å². The van der Waals surface area contributed by atoms with Gasteiger partial charge in [-0.25, -0.2) is 4.98 Å². The summed E-state index contributed by atoms with van der Waals surface area (Å²) in [5.41, 5.74) is 1.03. The second kappa shape index (κ2) is 6.00. The summed E-state index contributed by atoms with van der Waals surface area (Å²) in [6.07, 6.45) is 5.61. The second-order valence-electron chi connectivity index (χ2n) is 5.35. The number of imidazole rings is 1. The maximum absolute atomic E-state index is 10.9. The van der Waals surface area contributed by atoms with Gasteiger partial charge in [-0.3, -0.25) is 4.57 Å². The minimum atomic E-state index is -0.482. The van der Waals surface area contributed by atoms with Gasteiger partial charge in [-0.05, 0) is 40.4 Å². The number of nitro groups is 1. The van der Waals surface area contributed by atoms with Crippen molar-refractivity contribution in [3.8, 4) is 0 Å². The van der Waals surface area contributed by atoms with Gasteiger partial charge in [0.2, 0.25) is 12.1 Å². The fourth-order valence-electron chi connectivity index (χ4n) is 2.63. The molecule has 0 bridgehead atoms. The molecule has 0 unspecified atom stereocenters. The topological polar surface area (TPSA) is 89.1 Å². The van der Waals surface area contributed by atoms with Gasteiger partial charge >= 0.3 is 5.82 Å². The van der Waals surface area contributed by atoms with E-state index in [9.17, 15) is 10.1 Å². The molecule has 8 nitrogen and oxygen atoms in total. The lowest BCUT2D eigenvalue weighted by molar-refractivity contribution is -0.388. The minimum absolute atomic E-state index is 0.156. The van der Waals surface area contributed by atoms with E-state index in [0.717, 1.165) is 24.5 Å². The predicted molar refractivity (Wildman–Crippen MR) is 82.9 cm³/mol. The lowest BCUT2D eigenvalue weighted by atomic mass is 10.2. The van der Waals surface area contributed by atoms with Crippen LogP contribution >= 0.6 is 0 Å². The van der Waals surface area contributed by atoms with E-state index >= 15 is 0 Å². The summed E-state index contributed by atoms with van der Waals surface area (Å²) in [5, 5.41) is 14.0. The molecule has 0 saturated carbocycles. The minimum Gasteiger partial charge on any atom is -0.360 e. The average molecular weight is 302 g/mol. The highest BCUT2D eigenvalue weighted by Crippen LogP contribution is 2.23. The molecule has 2 aromatic rings. The predicted octanol–water partition coefficient (Wildman–Crippen LogP) is 1.94. The molecule has 2 aromatic heterocycles. The van der Waals surface area contributed by atoms with Gasteiger partial charge in [0.15, 0.2) is 0 Å². The van der Waals surface area contributed by atoms with Crippen molar-refractivity contribution >= 4 is 17.5 Å². The van der Waals surface area contributed by atoms with Crippen molar-refractivity contribution in [2.75, 3.05) is 23.3 Å². The van der Waals surface area contributed by atoms with Crippen molar-refractivity contribution in [2.24, 2.45) is 7.05 Å². The Kier molecular flexibility index (Phi) is 3.90. The number of nitrogens with one attached hydrogen (secondary N) is 1. The number of hydrogen-bond acceptors (Lipinski definition) is 6. The Bertz CT molecular complexity index is 678. The molecule has 0 spiro atoms. The summed E-state index contributed by atoms with van der Waals surface area (Å²) < 4.78 is 1.61. The first-order valence-electron chi connectivity index (χ1n) is 7.24. The lowest BCUT2D eigenvalue weighted by Gasteiger charge is -2.17. The number of pyridine rings is 1. The molecule has 1 aliphatic heterocycles. The van der Waals surface area contributed by atoms with Crippen LogP contribution in [0.2, 0.25) is 0 Å². The van der Waals surface area contributed by atoms with Gasteiger partial charge in [0.05, 0.1) is 0 Å². The third-order valence-electron chi connectivity index (χ3n) is 3.79. The van der Waals surface area contributed by atoms with Crippen molar-refractivity contribution in [3.63, 3.8) is 0 Å². The van der Waals surface area contributed by atoms with Gasteiger partial charge in [-0.2, -0.15) is 0 Å². The van der Waals surface area contributed by atoms with Crippen LogP contribution in [0.15, 0.2) is 24.7 Å². The van der Waals surface area contributed by atoms with E-state index in [1.807, 2.05) is 12.1 Å². The molecule has 0 amide bonds. The number of aryl methyl sites for hydroxylation is 1. The highest BCUT2D eigenvalue weighted by atomic mass is 16.6. The summed E-state index contributed by atoms with van der Waals surface area (Å²) in [6, 6.07) is 3.94. The van der Waals surface area contributed by atoms with E-state index in [0.29, 0.717) is 12.4 Å². The maximum Gasteiger partial charge on any atom is 0.406 e. The van der Waals surface area contributed by atoms with Crippen LogP contribution in [0.4, 0.5) is 17.5 Å². The Hall–Kier alpha value is -2.64. The summed E-state index contributed by atoms with van der Waals surface area (Å²) >= 11 is 0. The average Bonchev–Trinajstić information content (AvgIpc) is 3.15. The molecule has 0 aliphatic carbocycles. The molecule has 116 valence electrons. The number of hydrogen-bond donors (Lipinski definition) is 1. The van der Waals surface area contributed by atoms with Gasteiger partial charge in [0, 0.05) is 32.9 Å². The Balaban J connectivity index is 1.73. The van der Waals surface area contributed by atoms with Crippen molar-refractivity contribution in [1.29, 1.82) is 0 Å². The van der Waals surface area contributed by atoms with E-state index in [1.54, 1.807) is 17.8 Å². The van der Waals surface area contributed by atoms with Gasteiger partial charge < -0.3 is 20.3 Å². The second-order valence-corrected chi connectivity index (χ2v) is 5.35. The number of rotatable bonds is 5. The first-order chi connectivity index (χ1) is 10.6. The van der Waals surface area contributed by atoms with Crippen molar-refractivity contribution in [2.45, 2.75) is 19.4 Å². The van der Waals surface area contributed by atoms with Crippen LogP contribution in [0.5, 0.6) is 0 Å². The summed E-state index contributed by atoms with van der Waals surface area (Å²) in [6.45, 7) is 2.57. The normalized spacial score (nSPS) is 14.3. The zero-order valence-electron chi connectivity index (χ0n) is 12.4. The Labute approximate surface area is 127 Å². The molecule has 3 rings (SSSR count). The van der Waals surface area contributed by atoms with Gasteiger partial charge in [0.1, 0.15) is 5.82 Å². The molecular weight excluding hydrogens is 284 g/mol. The standard InChI is InChI=1S/C14H18N6O2/c1-18-10-17-14(20(21)22)13(18)16-9-11-4-5-15-12(8-11)19-6-2-3-7-19/h4-5,8,10,16H,2-3,6-7,9H2,1H3. The van der Waals surface area contributed by atoms with Crippen molar-refractivity contribution in [3.05, 3.63) is 40.3 Å². The fourth-order valence-corrected chi connectivity index (χ4v) is 2.63. The Morgan fingerprint density at radius 2 is 2.14 bits per heavy atom. The SMILES string of the molecule is Cn1cnc([N+](=O)[O-])c1NCc1ccnc(N2CCCC2)c1. The first kappa shape index (κ1) is 14.3. The van der Waals surface area contributed by atoms with E-state index in [4.69, 9.17) is 0 Å². The van der Waals surface area contributed by atoms with Gasteiger partial charge in [-0.1, -0.05) is 0 Å². The molecule has 8 heteroatoms. The smallest absolute Gasteiger partial charge is 0.360 e. The summed E-state index contributed by atoms with van der Waals surface area (Å²) in [5.74, 6) is 1.22. The Morgan fingerprint density at radius 3 is 2.86 bits per heavy atom. The third kappa shape index (κ3) is 2.85. The fraction of sp³-hybridized carbons (Fsp3) is 0.429. The zero-order chi connectivity index (χ0) is 15.5. The molecule has 3 heterocycles. The maximum atomic E-state index is 10.9. The first-order valence-corrected chi connectivity index (χ1v) is 7.24. The van der Waals surface area contributed by atoms with Gasteiger partial charge in [0.25, 0.3) is 0 Å². The van der Waals surface area contributed by atoms with E-state index in [1.165, 1.54) is 19.2 Å². The zero-order valence-corrected chi connectivity index (χ0v) is 12.4. The van der Waals surface area contributed by atoms with Crippen LogP contribution in [-0.2, 0) is 13.6 Å². The largest absolute Gasteiger partial charge is 0.406 e. The van der Waals surface area contributed by atoms with E-state index in [2.05, 4.69) is 20.2 Å². The van der Waals surface area contributed by atoms with Gasteiger partial charge in [-0.15, -0.1) is 0 Å². The lowest BCUT2D eigenvalue weighted by Crippen LogP contribution is -2.19. The van der Waals surface area contributed by atoms with Crippen LogP contribution in [-0.4, -0.2) is 32.5 Å². The molecule has 0 aromatic carbocycles. The number of anilines is 2. The van der Waals surface area contributed by atoms with Crippen LogP contribution in [0.3, 0.4) is 0 Å². The molecule has 1 N–H and O–H groups in total. The van der Waals surface area contributed by atoms with E-state index in [-0.39, 0.29) is 5.82 Å². The quantitative estimate of drug-likeness (QED) is 0.670. The number of nitrogens with zero attached hydrogens (tertiary/aromatic N) is 5. The molecular formula is C14H18N6O2. The van der Waals surface area contributed by atoms with Crippen LogP contribution in [0, 0.1) is 10.1 Å². The monoisotopic (exact) mass is 302 g/mol. The summed E-state index contributed by atoms with van der Waals surface area (Å²) in [4.78, 5) is 20.9. The van der Waals surface area contributed by atoms with Crippen LogP contribution in [0.25, 0.3) is 0 Å². The van der Waals surface area contributed by atoms with Crippen LogP contribution in [0.1, 0.15) is 18.4 Å². The molecule has 1 fully saturated rings.